The second-order valence-electron chi connectivity index (χ2n) is 3.88. The summed E-state index contributed by atoms with van der Waals surface area (Å²) >= 11 is 0. The minimum Gasteiger partial charge on any atom is -0.492 e. The third-order valence-electron chi connectivity index (χ3n) is 2.72. The van der Waals surface area contributed by atoms with Crippen LogP contribution >= 0.6 is 0 Å². The van der Waals surface area contributed by atoms with Gasteiger partial charge in [-0.15, -0.1) is 5.10 Å². The zero-order valence-corrected chi connectivity index (χ0v) is 10.0. The summed E-state index contributed by atoms with van der Waals surface area (Å²) in [5.41, 5.74) is 0.586. The van der Waals surface area contributed by atoms with Gasteiger partial charge in [0, 0.05) is 6.42 Å². The Morgan fingerprint density at radius 3 is 2.94 bits per heavy atom. The number of allylic oxidation sites excluding steroid dienone is 1. The van der Waals surface area contributed by atoms with Gasteiger partial charge in [0.2, 0.25) is 0 Å². The molecule has 0 unspecified atom stereocenters. The second kappa shape index (κ2) is 4.52. The van der Waals surface area contributed by atoms with Crippen molar-refractivity contribution in [3.05, 3.63) is 17.2 Å². The first-order valence-corrected chi connectivity index (χ1v) is 5.29. The van der Waals surface area contributed by atoms with E-state index in [9.17, 15) is 4.79 Å². The van der Waals surface area contributed by atoms with E-state index in [1.54, 1.807) is 11.6 Å². The fourth-order valence-electron chi connectivity index (χ4n) is 1.80. The molecule has 1 aromatic heterocycles. The van der Waals surface area contributed by atoms with Crippen LogP contribution < -0.4 is 0 Å². The molecule has 1 aliphatic heterocycles. The summed E-state index contributed by atoms with van der Waals surface area (Å²) in [5, 5.41) is 11.2. The molecular weight excluding hydrogens is 224 g/mol. The molecule has 2 heterocycles. The van der Waals surface area contributed by atoms with E-state index in [-0.39, 0.29) is 12.1 Å². The Kier molecular flexibility index (Phi) is 3.08. The van der Waals surface area contributed by atoms with Gasteiger partial charge in [-0.05, 0) is 24.3 Å². The van der Waals surface area contributed by atoms with Gasteiger partial charge < -0.3 is 9.47 Å². The molecule has 7 heteroatoms. The van der Waals surface area contributed by atoms with Crippen LogP contribution in [0, 0.1) is 6.92 Å². The molecule has 7 nitrogen and oxygen atoms in total. The lowest BCUT2D eigenvalue weighted by atomic mass is 10.1. The largest absolute Gasteiger partial charge is 0.492 e. The lowest BCUT2D eigenvalue weighted by molar-refractivity contribution is -0.136. The molecular formula is C10H14N4O3. The van der Waals surface area contributed by atoms with E-state index in [1.165, 1.54) is 7.11 Å². The molecule has 0 amide bonds. The van der Waals surface area contributed by atoms with Crippen molar-refractivity contribution in [1.29, 1.82) is 0 Å². The van der Waals surface area contributed by atoms with E-state index in [2.05, 4.69) is 20.3 Å². The number of methoxy groups -OCH3 is 1. The van der Waals surface area contributed by atoms with E-state index < -0.39 is 0 Å². The van der Waals surface area contributed by atoms with Gasteiger partial charge in [0.05, 0.1) is 19.2 Å². The number of nitrogens with zero attached hydrogens (tertiary/aromatic N) is 4. The third-order valence-corrected chi connectivity index (χ3v) is 2.72. The van der Waals surface area contributed by atoms with Crippen molar-refractivity contribution >= 4 is 5.97 Å². The molecule has 0 spiro atoms. The van der Waals surface area contributed by atoms with Gasteiger partial charge >= 0.3 is 5.97 Å². The zero-order valence-electron chi connectivity index (χ0n) is 10.0. The molecule has 0 bridgehead atoms. The molecule has 0 radical (unpaired) electrons. The zero-order chi connectivity index (χ0) is 12.4. The number of rotatable bonds is 3. The van der Waals surface area contributed by atoms with Crippen molar-refractivity contribution in [1.82, 2.24) is 20.2 Å². The molecule has 17 heavy (non-hydrogen) atoms. The minimum absolute atomic E-state index is 0.119. The number of carbonyl (C=O) groups is 1. The van der Waals surface area contributed by atoms with Crippen molar-refractivity contribution in [3.63, 3.8) is 0 Å². The summed E-state index contributed by atoms with van der Waals surface area (Å²) < 4.78 is 11.9. The Labute approximate surface area is 98.4 Å². The summed E-state index contributed by atoms with van der Waals surface area (Å²) in [7, 11) is 1.36. The first-order valence-electron chi connectivity index (χ1n) is 5.29. The van der Waals surface area contributed by atoms with Gasteiger partial charge in [0.15, 0.2) is 0 Å². The maximum Gasteiger partial charge on any atom is 0.337 e. The maximum absolute atomic E-state index is 11.4. The highest BCUT2D eigenvalue weighted by molar-refractivity contribution is 5.89. The van der Waals surface area contributed by atoms with Crippen LogP contribution in [0.3, 0.4) is 0 Å². The van der Waals surface area contributed by atoms with Gasteiger partial charge in [-0.3, -0.25) is 0 Å². The maximum atomic E-state index is 11.4. The van der Waals surface area contributed by atoms with E-state index in [4.69, 9.17) is 4.74 Å². The van der Waals surface area contributed by atoms with Gasteiger partial charge in [0.1, 0.15) is 17.7 Å². The standard InChI is InChI=1S/C10H14N4O3/c1-6-9(10(15)16-3)4-8(17-6)5-14-7(2)11-12-13-14/h8H,4-5H2,1-3H3/t8-/m1/s1. The Hall–Kier alpha value is -1.92. The van der Waals surface area contributed by atoms with Gasteiger partial charge in [0.25, 0.3) is 0 Å². The molecule has 0 saturated carbocycles. The van der Waals surface area contributed by atoms with Gasteiger partial charge in [-0.2, -0.15) is 0 Å². The van der Waals surface area contributed by atoms with Crippen LogP contribution in [0.25, 0.3) is 0 Å². The number of esters is 1. The van der Waals surface area contributed by atoms with Crippen molar-refractivity contribution in [2.45, 2.75) is 32.9 Å². The highest BCUT2D eigenvalue weighted by Gasteiger charge is 2.29. The van der Waals surface area contributed by atoms with Crippen molar-refractivity contribution in [3.8, 4) is 0 Å². The SMILES string of the molecule is COC(=O)C1=C(C)O[C@@H](Cn2nnnc2C)C1. The van der Waals surface area contributed by atoms with E-state index in [0.29, 0.717) is 24.3 Å². The number of hydrogen-bond acceptors (Lipinski definition) is 6. The van der Waals surface area contributed by atoms with Crippen LogP contribution in [-0.2, 0) is 20.8 Å². The van der Waals surface area contributed by atoms with Crippen LogP contribution in [0.4, 0.5) is 0 Å². The predicted octanol–water partition coefficient (Wildman–Crippen LogP) is 0.217. The first-order chi connectivity index (χ1) is 8.11. The molecule has 0 fully saturated rings. The number of aryl methyl sites for hydroxylation is 1. The average molecular weight is 238 g/mol. The Bertz CT molecular complexity index is 466. The molecule has 0 aromatic carbocycles. The van der Waals surface area contributed by atoms with Crippen LogP contribution in [0.15, 0.2) is 11.3 Å². The molecule has 2 rings (SSSR count). The monoisotopic (exact) mass is 238 g/mol. The summed E-state index contributed by atoms with van der Waals surface area (Å²) in [5.74, 6) is 1.00. The molecule has 0 saturated heterocycles. The number of tetrazole rings is 1. The summed E-state index contributed by atoms with van der Waals surface area (Å²) in [6, 6.07) is 0. The number of hydrogen-bond donors (Lipinski definition) is 0. The Balaban J connectivity index is 2.01. The Morgan fingerprint density at radius 1 is 1.59 bits per heavy atom. The molecule has 1 atom stereocenters. The smallest absolute Gasteiger partial charge is 0.337 e. The van der Waals surface area contributed by atoms with Crippen molar-refractivity contribution < 1.29 is 14.3 Å². The highest BCUT2D eigenvalue weighted by Crippen LogP contribution is 2.26. The summed E-state index contributed by atoms with van der Waals surface area (Å²) in [4.78, 5) is 11.4. The van der Waals surface area contributed by atoms with Crippen molar-refractivity contribution in [2.24, 2.45) is 0 Å². The fourth-order valence-corrected chi connectivity index (χ4v) is 1.80. The molecule has 1 aromatic rings. The number of aromatic nitrogens is 4. The molecule has 0 aliphatic carbocycles. The molecule has 1 aliphatic rings. The second-order valence-corrected chi connectivity index (χ2v) is 3.88. The third kappa shape index (κ3) is 2.27. The van der Waals surface area contributed by atoms with Crippen LogP contribution in [0.2, 0.25) is 0 Å². The quantitative estimate of drug-likeness (QED) is 0.701. The number of ether oxygens (including phenoxy) is 2. The van der Waals surface area contributed by atoms with Crippen LogP contribution in [0.1, 0.15) is 19.2 Å². The lowest BCUT2D eigenvalue weighted by Gasteiger charge is -2.11. The number of carbonyl (C=O) groups excluding carboxylic acids is 1. The fraction of sp³-hybridized carbons (Fsp3) is 0.600. The van der Waals surface area contributed by atoms with E-state index >= 15 is 0 Å². The van der Waals surface area contributed by atoms with Crippen LogP contribution in [-0.4, -0.2) is 39.4 Å². The van der Waals surface area contributed by atoms with Crippen LogP contribution in [0.5, 0.6) is 0 Å². The average Bonchev–Trinajstić information content (AvgIpc) is 2.86. The van der Waals surface area contributed by atoms with Gasteiger partial charge in [-0.25, -0.2) is 9.48 Å². The normalized spacial score (nSPS) is 19.4. The summed E-state index contributed by atoms with van der Waals surface area (Å²) in [6.45, 7) is 4.10. The summed E-state index contributed by atoms with van der Waals surface area (Å²) in [6.07, 6.45) is 0.406. The topological polar surface area (TPSA) is 79.1 Å². The predicted molar refractivity (Wildman–Crippen MR) is 56.8 cm³/mol. The first kappa shape index (κ1) is 11.6. The molecule has 92 valence electrons. The van der Waals surface area contributed by atoms with Crippen molar-refractivity contribution in [2.75, 3.05) is 7.11 Å². The highest BCUT2D eigenvalue weighted by atomic mass is 16.5. The Morgan fingerprint density at radius 2 is 2.35 bits per heavy atom. The van der Waals surface area contributed by atoms with E-state index in [1.807, 2.05) is 6.92 Å². The molecule has 0 N–H and O–H groups in total. The van der Waals surface area contributed by atoms with Gasteiger partial charge in [-0.1, -0.05) is 0 Å². The minimum atomic E-state index is -0.335. The lowest BCUT2D eigenvalue weighted by Crippen LogP contribution is -2.18. The van der Waals surface area contributed by atoms with E-state index in [0.717, 1.165) is 5.82 Å².